The highest BCUT2D eigenvalue weighted by atomic mass is 16.5. The monoisotopic (exact) mass is 289 g/mol. The van der Waals surface area contributed by atoms with E-state index in [2.05, 4.69) is 10.5 Å². The van der Waals surface area contributed by atoms with Gasteiger partial charge in [-0.15, -0.1) is 0 Å². The molecular weight excluding hydrogens is 266 g/mol. The molecule has 4 aliphatic carbocycles. The first-order chi connectivity index (χ1) is 10.3. The van der Waals surface area contributed by atoms with Crippen molar-refractivity contribution in [3.8, 4) is 0 Å². The summed E-state index contributed by atoms with van der Waals surface area (Å²) in [5.41, 5.74) is 0.197. The highest BCUT2D eigenvalue weighted by Gasteiger charge is 2.54. The Balaban J connectivity index is 1.44. The first kappa shape index (κ1) is 12.6. The van der Waals surface area contributed by atoms with Crippen molar-refractivity contribution in [2.45, 2.75) is 50.0 Å². The summed E-state index contributed by atoms with van der Waals surface area (Å²) in [5, 5.41) is 7.58. The summed E-state index contributed by atoms with van der Waals surface area (Å²) < 4.78 is 11.5. The van der Waals surface area contributed by atoms with E-state index in [4.69, 9.17) is 14.2 Å². The maximum absolute atomic E-state index is 5.75. The molecule has 0 aromatic carbocycles. The number of ether oxygens (including phenoxy) is 1. The minimum atomic E-state index is -0.0369. The van der Waals surface area contributed by atoms with Crippen molar-refractivity contribution >= 4 is 0 Å². The van der Waals surface area contributed by atoms with Crippen molar-refractivity contribution in [2.24, 2.45) is 17.8 Å². The molecular formula is C16H23N3O2. The topological polar surface area (TPSA) is 60.2 Å². The minimum absolute atomic E-state index is 0.0369. The smallest absolute Gasteiger partial charge is 0.232 e. The normalized spacial score (nSPS) is 45.1. The maximum Gasteiger partial charge on any atom is 0.232 e. The van der Waals surface area contributed by atoms with E-state index >= 15 is 0 Å². The molecule has 1 aromatic rings. The number of nitrogens with zero attached hydrogens (tertiary/aromatic N) is 2. The molecule has 0 amide bonds. The molecule has 6 rings (SSSR count). The summed E-state index contributed by atoms with van der Waals surface area (Å²) >= 11 is 0. The van der Waals surface area contributed by atoms with Gasteiger partial charge in [-0.2, -0.15) is 4.98 Å². The molecule has 114 valence electrons. The molecule has 1 saturated heterocycles. The van der Waals surface area contributed by atoms with Gasteiger partial charge in [-0.05, 0) is 56.3 Å². The van der Waals surface area contributed by atoms with Crippen LogP contribution in [-0.4, -0.2) is 29.8 Å². The molecule has 5 heteroatoms. The third kappa shape index (κ3) is 1.97. The standard InChI is InChI=1S/C16H23N3O2/c1-2-20-13(9-17-1)14-18-15(21-19-14)16-6-10-3-11(7-16)5-12(4-10)8-16/h10-13,17H,1-9H2. The Morgan fingerprint density at radius 2 is 1.76 bits per heavy atom. The molecule has 1 N–H and O–H groups in total. The van der Waals surface area contributed by atoms with Crippen LogP contribution in [-0.2, 0) is 10.2 Å². The number of hydrogen-bond donors (Lipinski definition) is 1. The van der Waals surface area contributed by atoms with E-state index in [-0.39, 0.29) is 11.5 Å². The molecule has 5 fully saturated rings. The fourth-order valence-electron chi connectivity index (χ4n) is 5.68. The predicted octanol–water partition coefficient (Wildman–Crippen LogP) is 2.20. The Hall–Kier alpha value is -0.940. The number of rotatable bonds is 2. The van der Waals surface area contributed by atoms with Crippen LogP contribution in [0.25, 0.3) is 0 Å². The molecule has 5 nitrogen and oxygen atoms in total. The third-order valence-electron chi connectivity index (χ3n) is 6.15. The summed E-state index contributed by atoms with van der Waals surface area (Å²) in [7, 11) is 0. The van der Waals surface area contributed by atoms with Gasteiger partial charge in [0, 0.05) is 13.1 Å². The fraction of sp³-hybridized carbons (Fsp3) is 0.875. The van der Waals surface area contributed by atoms with Crippen molar-refractivity contribution in [2.75, 3.05) is 19.7 Å². The zero-order chi connectivity index (χ0) is 13.9. The Kier molecular flexibility index (Phi) is 2.71. The molecule has 21 heavy (non-hydrogen) atoms. The van der Waals surface area contributed by atoms with Crippen LogP contribution in [0, 0.1) is 17.8 Å². The zero-order valence-electron chi connectivity index (χ0n) is 12.4. The molecule has 0 radical (unpaired) electrons. The number of hydrogen-bond acceptors (Lipinski definition) is 5. The quantitative estimate of drug-likeness (QED) is 0.904. The fourth-order valence-corrected chi connectivity index (χ4v) is 5.68. The number of nitrogens with one attached hydrogen (secondary N) is 1. The lowest BCUT2D eigenvalue weighted by molar-refractivity contribution is -0.0201. The van der Waals surface area contributed by atoms with Crippen LogP contribution in [0.4, 0.5) is 0 Å². The lowest BCUT2D eigenvalue weighted by Gasteiger charge is -2.55. The molecule has 4 bridgehead atoms. The van der Waals surface area contributed by atoms with Gasteiger partial charge in [0.05, 0.1) is 12.0 Å². The lowest BCUT2D eigenvalue weighted by atomic mass is 9.49. The molecule has 1 aliphatic heterocycles. The molecule has 1 atom stereocenters. The van der Waals surface area contributed by atoms with E-state index in [9.17, 15) is 0 Å². The van der Waals surface area contributed by atoms with E-state index in [0.29, 0.717) is 0 Å². The van der Waals surface area contributed by atoms with Crippen molar-refractivity contribution in [1.82, 2.24) is 15.5 Å². The van der Waals surface area contributed by atoms with Gasteiger partial charge in [-0.3, -0.25) is 0 Å². The van der Waals surface area contributed by atoms with Crippen LogP contribution in [0.2, 0.25) is 0 Å². The van der Waals surface area contributed by atoms with Crippen LogP contribution in [0.1, 0.15) is 56.3 Å². The molecule has 2 heterocycles. The summed E-state index contributed by atoms with van der Waals surface area (Å²) in [6.45, 7) is 2.43. The minimum Gasteiger partial charge on any atom is -0.367 e. The van der Waals surface area contributed by atoms with Gasteiger partial charge in [-0.1, -0.05) is 5.16 Å². The number of morpholine rings is 1. The average Bonchev–Trinajstić information content (AvgIpc) is 2.97. The Bertz CT molecular complexity index is 500. The van der Waals surface area contributed by atoms with Crippen molar-refractivity contribution < 1.29 is 9.26 Å². The van der Waals surface area contributed by atoms with Crippen LogP contribution in [0.5, 0.6) is 0 Å². The van der Waals surface area contributed by atoms with Gasteiger partial charge < -0.3 is 14.6 Å². The predicted molar refractivity (Wildman–Crippen MR) is 75.7 cm³/mol. The largest absolute Gasteiger partial charge is 0.367 e. The zero-order valence-corrected chi connectivity index (χ0v) is 12.4. The average molecular weight is 289 g/mol. The lowest BCUT2D eigenvalue weighted by Crippen LogP contribution is -2.48. The van der Waals surface area contributed by atoms with Crippen molar-refractivity contribution in [3.05, 3.63) is 11.7 Å². The highest BCUT2D eigenvalue weighted by molar-refractivity contribution is 5.15. The number of aromatic nitrogens is 2. The molecule has 1 aromatic heterocycles. The molecule has 5 aliphatic rings. The second-order valence-corrected chi connectivity index (χ2v) is 7.72. The second-order valence-electron chi connectivity index (χ2n) is 7.72. The Morgan fingerprint density at radius 3 is 2.38 bits per heavy atom. The van der Waals surface area contributed by atoms with Crippen molar-refractivity contribution in [1.29, 1.82) is 0 Å². The first-order valence-electron chi connectivity index (χ1n) is 8.47. The van der Waals surface area contributed by atoms with E-state index in [1.165, 1.54) is 38.5 Å². The van der Waals surface area contributed by atoms with E-state index < -0.39 is 0 Å². The molecule has 0 spiro atoms. The summed E-state index contributed by atoms with van der Waals surface area (Å²) in [6.07, 6.45) is 8.09. The Labute approximate surface area is 124 Å². The van der Waals surface area contributed by atoms with Gasteiger partial charge in [0.1, 0.15) is 6.10 Å². The van der Waals surface area contributed by atoms with Gasteiger partial charge in [0.2, 0.25) is 11.7 Å². The van der Waals surface area contributed by atoms with Gasteiger partial charge in [0.25, 0.3) is 0 Å². The van der Waals surface area contributed by atoms with Crippen molar-refractivity contribution in [3.63, 3.8) is 0 Å². The van der Waals surface area contributed by atoms with E-state index in [1.54, 1.807) is 0 Å². The maximum atomic E-state index is 5.75. The summed E-state index contributed by atoms with van der Waals surface area (Å²) in [6, 6.07) is 0. The highest BCUT2D eigenvalue weighted by Crippen LogP contribution is 2.60. The second kappa shape index (κ2) is 4.53. The third-order valence-corrected chi connectivity index (χ3v) is 6.15. The summed E-state index contributed by atoms with van der Waals surface area (Å²) in [5.74, 6) is 4.36. The SMILES string of the molecule is C1COC(c2noc(C34CC5CC(CC(C5)C3)C4)n2)CN1. The van der Waals surface area contributed by atoms with E-state index in [0.717, 1.165) is 49.2 Å². The molecule has 1 unspecified atom stereocenters. The van der Waals surface area contributed by atoms with Crippen LogP contribution in [0.15, 0.2) is 4.52 Å². The summed E-state index contributed by atoms with van der Waals surface area (Å²) in [4.78, 5) is 4.78. The molecule has 4 saturated carbocycles. The van der Waals surface area contributed by atoms with Crippen LogP contribution >= 0.6 is 0 Å². The van der Waals surface area contributed by atoms with Gasteiger partial charge in [0.15, 0.2) is 0 Å². The van der Waals surface area contributed by atoms with Gasteiger partial charge >= 0.3 is 0 Å². The Morgan fingerprint density at radius 1 is 1.05 bits per heavy atom. The van der Waals surface area contributed by atoms with Gasteiger partial charge in [-0.25, -0.2) is 0 Å². The van der Waals surface area contributed by atoms with Crippen LogP contribution < -0.4 is 5.32 Å². The first-order valence-corrected chi connectivity index (χ1v) is 8.47. The van der Waals surface area contributed by atoms with Crippen LogP contribution in [0.3, 0.4) is 0 Å². The van der Waals surface area contributed by atoms with E-state index in [1.807, 2.05) is 0 Å².